The van der Waals surface area contributed by atoms with Gasteiger partial charge in [-0.1, -0.05) is 6.92 Å². The number of amides is 2. The summed E-state index contributed by atoms with van der Waals surface area (Å²) in [5, 5.41) is 11.5. The third-order valence-corrected chi connectivity index (χ3v) is 3.77. The van der Waals surface area contributed by atoms with Crippen LogP contribution in [0, 0.1) is 5.92 Å². The van der Waals surface area contributed by atoms with Crippen LogP contribution in [0.25, 0.3) is 0 Å². The van der Waals surface area contributed by atoms with Crippen molar-refractivity contribution in [1.29, 1.82) is 0 Å². The number of carboxylic acid groups (broad SMARTS) is 1. The van der Waals surface area contributed by atoms with E-state index in [9.17, 15) is 22.8 Å². The molecule has 0 spiro atoms. The Hall–Kier alpha value is -2.62. The standard InChI is InChI=1S/C15H21N3O6S/c1-9(15(21)22)8-18(3)14(20)12-7-11(16-10(2)19)5-6-13(12)17-25(4,23)24/h5-7,9,17H,8H2,1-4H3,(H,16,19)(H,21,22). The van der Waals surface area contributed by atoms with E-state index in [0.29, 0.717) is 5.69 Å². The van der Waals surface area contributed by atoms with Crippen LogP contribution >= 0.6 is 0 Å². The van der Waals surface area contributed by atoms with Gasteiger partial charge in [0.1, 0.15) is 0 Å². The first kappa shape index (κ1) is 20.4. The summed E-state index contributed by atoms with van der Waals surface area (Å²) in [6.07, 6.45) is 0.944. The van der Waals surface area contributed by atoms with Gasteiger partial charge in [0, 0.05) is 26.2 Å². The van der Waals surface area contributed by atoms with Crippen molar-refractivity contribution < 1.29 is 27.9 Å². The van der Waals surface area contributed by atoms with Crippen LogP contribution in [0.15, 0.2) is 18.2 Å². The molecule has 0 saturated heterocycles. The first-order chi connectivity index (χ1) is 11.4. The number of hydrogen-bond acceptors (Lipinski definition) is 5. The second kappa shape index (κ2) is 7.97. The minimum absolute atomic E-state index is 0.00300. The zero-order valence-corrected chi connectivity index (χ0v) is 15.2. The SMILES string of the molecule is CC(=O)Nc1ccc(NS(C)(=O)=O)c(C(=O)N(C)CC(C)C(=O)O)c1. The van der Waals surface area contributed by atoms with E-state index in [1.165, 1.54) is 44.0 Å². The Labute approximate surface area is 146 Å². The topological polar surface area (TPSA) is 133 Å². The van der Waals surface area contributed by atoms with E-state index >= 15 is 0 Å². The van der Waals surface area contributed by atoms with Gasteiger partial charge < -0.3 is 15.3 Å². The molecule has 1 unspecified atom stereocenters. The predicted molar refractivity (Wildman–Crippen MR) is 93.0 cm³/mol. The summed E-state index contributed by atoms with van der Waals surface area (Å²) in [5.74, 6) is -2.78. The van der Waals surface area contributed by atoms with Gasteiger partial charge in [-0.15, -0.1) is 0 Å². The third kappa shape index (κ3) is 6.42. The highest BCUT2D eigenvalue weighted by molar-refractivity contribution is 7.92. The van der Waals surface area contributed by atoms with E-state index in [1.807, 2.05) is 0 Å². The summed E-state index contributed by atoms with van der Waals surface area (Å²) in [5.41, 5.74) is 0.350. The number of carbonyl (C=O) groups excluding carboxylic acids is 2. The molecule has 1 aromatic rings. The van der Waals surface area contributed by atoms with Crippen molar-refractivity contribution >= 4 is 39.2 Å². The van der Waals surface area contributed by atoms with Crippen molar-refractivity contribution in [1.82, 2.24) is 4.90 Å². The average molecular weight is 371 g/mol. The maximum atomic E-state index is 12.6. The quantitative estimate of drug-likeness (QED) is 0.649. The highest BCUT2D eigenvalue weighted by Gasteiger charge is 2.22. The van der Waals surface area contributed by atoms with Crippen LogP contribution in [-0.4, -0.2) is 56.1 Å². The largest absolute Gasteiger partial charge is 0.481 e. The first-order valence-electron chi connectivity index (χ1n) is 7.28. The molecule has 1 atom stereocenters. The number of anilines is 2. The number of sulfonamides is 1. The molecular formula is C15H21N3O6S. The molecule has 138 valence electrons. The predicted octanol–water partition coefficient (Wildman–Crippen LogP) is 0.809. The smallest absolute Gasteiger partial charge is 0.308 e. The van der Waals surface area contributed by atoms with E-state index < -0.39 is 27.8 Å². The Kier molecular flexibility index (Phi) is 6.51. The summed E-state index contributed by atoms with van der Waals surface area (Å²) in [6, 6.07) is 4.14. The molecule has 9 nitrogen and oxygen atoms in total. The molecule has 0 aliphatic heterocycles. The monoisotopic (exact) mass is 371 g/mol. The summed E-state index contributed by atoms with van der Waals surface area (Å²) >= 11 is 0. The van der Waals surface area contributed by atoms with Crippen LogP contribution in [0.5, 0.6) is 0 Å². The van der Waals surface area contributed by atoms with Gasteiger partial charge in [0.2, 0.25) is 15.9 Å². The molecule has 2 amide bonds. The van der Waals surface area contributed by atoms with E-state index in [4.69, 9.17) is 5.11 Å². The number of nitrogens with zero attached hydrogens (tertiary/aromatic N) is 1. The molecule has 0 aliphatic carbocycles. The molecule has 0 radical (unpaired) electrons. The highest BCUT2D eigenvalue weighted by atomic mass is 32.2. The molecular weight excluding hydrogens is 350 g/mol. The Morgan fingerprint density at radius 3 is 2.36 bits per heavy atom. The van der Waals surface area contributed by atoms with Gasteiger partial charge in [-0.05, 0) is 18.2 Å². The average Bonchev–Trinajstić information content (AvgIpc) is 2.45. The van der Waals surface area contributed by atoms with E-state index in [0.717, 1.165) is 6.26 Å². The number of carboxylic acids is 1. The zero-order valence-electron chi connectivity index (χ0n) is 14.4. The van der Waals surface area contributed by atoms with E-state index in [-0.39, 0.29) is 23.7 Å². The molecule has 0 aliphatic rings. The van der Waals surface area contributed by atoms with Crippen molar-refractivity contribution in [2.45, 2.75) is 13.8 Å². The van der Waals surface area contributed by atoms with Crippen molar-refractivity contribution in [2.75, 3.05) is 29.9 Å². The maximum absolute atomic E-state index is 12.6. The van der Waals surface area contributed by atoms with Crippen LogP contribution < -0.4 is 10.0 Å². The summed E-state index contributed by atoms with van der Waals surface area (Å²) < 4.78 is 25.2. The van der Waals surface area contributed by atoms with Crippen LogP contribution in [0.2, 0.25) is 0 Å². The zero-order chi connectivity index (χ0) is 19.4. The van der Waals surface area contributed by atoms with Crippen LogP contribution in [0.1, 0.15) is 24.2 Å². The van der Waals surface area contributed by atoms with Crippen molar-refractivity contribution in [3.8, 4) is 0 Å². The van der Waals surface area contributed by atoms with Gasteiger partial charge in [-0.2, -0.15) is 0 Å². The Bertz CT molecular complexity index is 790. The number of benzene rings is 1. The van der Waals surface area contributed by atoms with Crippen molar-refractivity contribution in [2.24, 2.45) is 5.92 Å². The molecule has 0 aromatic heterocycles. The Balaban J connectivity index is 3.24. The van der Waals surface area contributed by atoms with Crippen molar-refractivity contribution in [3.63, 3.8) is 0 Å². The van der Waals surface area contributed by atoms with Crippen LogP contribution in [0.4, 0.5) is 11.4 Å². The summed E-state index contributed by atoms with van der Waals surface area (Å²) in [7, 11) is -2.22. The fourth-order valence-electron chi connectivity index (χ4n) is 2.07. The summed E-state index contributed by atoms with van der Waals surface area (Å²) in [4.78, 5) is 35.9. The lowest BCUT2D eigenvalue weighted by Crippen LogP contribution is -2.34. The molecule has 0 bridgehead atoms. The molecule has 10 heteroatoms. The minimum Gasteiger partial charge on any atom is -0.481 e. The lowest BCUT2D eigenvalue weighted by Gasteiger charge is -2.21. The molecule has 0 fully saturated rings. The number of aliphatic carboxylic acids is 1. The number of carbonyl (C=O) groups is 3. The third-order valence-electron chi connectivity index (χ3n) is 3.18. The number of hydrogen-bond donors (Lipinski definition) is 3. The molecule has 25 heavy (non-hydrogen) atoms. The van der Waals surface area contributed by atoms with Gasteiger partial charge >= 0.3 is 5.97 Å². The fourth-order valence-corrected chi connectivity index (χ4v) is 2.65. The van der Waals surface area contributed by atoms with E-state index in [2.05, 4.69) is 10.0 Å². The fraction of sp³-hybridized carbons (Fsp3) is 0.400. The van der Waals surface area contributed by atoms with Gasteiger partial charge in [-0.25, -0.2) is 8.42 Å². The second-order valence-corrected chi connectivity index (χ2v) is 7.49. The summed E-state index contributed by atoms with van der Waals surface area (Å²) in [6.45, 7) is 2.69. The first-order valence-corrected chi connectivity index (χ1v) is 9.17. The lowest BCUT2D eigenvalue weighted by molar-refractivity contribution is -0.141. The van der Waals surface area contributed by atoms with Gasteiger partial charge in [0.25, 0.3) is 5.91 Å². The normalized spacial score (nSPS) is 12.2. The van der Waals surface area contributed by atoms with E-state index in [1.54, 1.807) is 0 Å². The Morgan fingerprint density at radius 2 is 1.88 bits per heavy atom. The molecule has 1 aromatic carbocycles. The molecule has 0 heterocycles. The lowest BCUT2D eigenvalue weighted by atomic mass is 10.1. The Morgan fingerprint density at radius 1 is 1.28 bits per heavy atom. The van der Waals surface area contributed by atoms with Crippen molar-refractivity contribution in [3.05, 3.63) is 23.8 Å². The van der Waals surface area contributed by atoms with Crippen LogP contribution in [-0.2, 0) is 19.6 Å². The minimum atomic E-state index is -3.63. The maximum Gasteiger partial charge on any atom is 0.308 e. The number of rotatable bonds is 7. The number of nitrogens with one attached hydrogen (secondary N) is 2. The molecule has 3 N–H and O–H groups in total. The molecule has 1 rings (SSSR count). The van der Waals surface area contributed by atoms with Gasteiger partial charge in [0.15, 0.2) is 0 Å². The van der Waals surface area contributed by atoms with Crippen LogP contribution in [0.3, 0.4) is 0 Å². The second-order valence-electron chi connectivity index (χ2n) is 5.74. The van der Waals surface area contributed by atoms with Gasteiger partial charge in [0.05, 0.1) is 23.4 Å². The van der Waals surface area contributed by atoms with Gasteiger partial charge in [-0.3, -0.25) is 19.1 Å². The highest BCUT2D eigenvalue weighted by Crippen LogP contribution is 2.23. The molecule has 0 saturated carbocycles.